The van der Waals surface area contributed by atoms with Gasteiger partial charge in [-0.1, -0.05) is 0 Å². The van der Waals surface area contributed by atoms with Crippen LogP contribution in [0.4, 0.5) is 11.4 Å². The first kappa shape index (κ1) is 15.7. The fourth-order valence-corrected chi connectivity index (χ4v) is 2.46. The van der Waals surface area contributed by atoms with Crippen LogP contribution in [0.2, 0.25) is 0 Å². The summed E-state index contributed by atoms with van der Waals surface area (Å²) in [6.45, 7) is 4.28. The highest BCUT2D eigenvalue weighted by molar-refractivity contribution is 7.98. The average molecular weight is 282 g/mol. The van der Waals surface area contributed by atoms with Gasteiger partial charge in [-0.2, -0.15) is 11.8 Å². The summed E-state index contributed by atoms with van der Waals surface area (Å²) in [7, 11) is 2.02. The van der Waals surface area contributed by atoms with Crippen LogP contribution < -0.4 is 10.6 Å². The zero-order chi connectivity index (χ0) is 14.4. The van der Waals surface area contributed by atoms with Gasteiger partial charge in [0, 0.05) is 30.2 Å². The molecule has 1 rings (SSSR count). The number of esters is 1. The molecule has 1 atom stereocenters. The van der Waals surface area contributed by atoms with Crippen molar-refractivity contribution in [2.45, 2.75) is 19.9 Å². The van der Waals surface area contributed by atoms with Crippen molar-refractivity contribution in [2.75, 3.05) is 36.3 Å². The van der Waals surface area contributed by atoms with E-state index in [-0.39, 0.29) is 5.97 Å². The molecule has 2 N–H and O–H groups in total. The highest BCUT2D eigenvalue weighted by atomic mass is 32.2. The molecular weight excluding hydrogens is 260 g/mol. The zero-order valence-electron chi connectivity index (χ0n) is 12.0. The molecule has 0 aliphatic rings. The third-order valence-corrected chi connectivity index (χ3v) is 3.82. The van der Waals surface area contributed by atoms with E-state index < -0.39 is 0 Å². The Bertz CT molecular complexity index is 437. The lowest BCUT2D eigenvalue weighted by molar-refractivity contribution is 0.0527. The molecule has 0 spiro atoms. The van der Waals surface area contributed by atoms with Gasteiger partial charge in [0.25, 0.3) is 0 Å². The zero-order valence-corrected chi connectivity index (χ0v) is 12.8. The topological polar surface area (TPSA) is 55.6 Å². The average Bonchev–Trinajstić information content (AvgIpc) is 2.39. The van der Waals surface area contributed by atoms with Gasteiger partial charge in [-0.25, -0.2) is 4.79 Å². The molecule has 106 valence electrons. The Kier molecular flexibility index (Phi) is 6.02. The number of anilines is 2. The Labute approximate surface area is 119 Å². The third-order valence-electron chi connectivity index (χ3n) is 3.01. The summed E-state index contributed by atoms with van der Waals surface area (Å²) in [6, 6.07) is 5.86. The van der Waals surface area contributed by atoms with Crippen LogP contribution in [0.5, 0.6) is 0 Å². The summed E-state index contributed by atoms with van der Waals surface area (Å²) in [5.41, 5.74) is 7.69. The lowest BCUT2D eigenvalue weighted by Gasteiger charge is -2.27. The van der Waals surface area contributed by atoms with Gasteiger partial charge in [0.05, 0.1) is 12.2 Å². The molecule has 0 aliphatic heterocycles. The Morgan fingerprint density at radius 3 is 2.79 bits per heavy atom. The first-order chi connectivity index (χ1) is 9.01. The Morgan fingerprint density at radius 2 is 2.21 bits per heavy atom. The lowest BCUT2D eigenvalue weighted by Crippen LogP contribution is -2.31. The summed E-state index contributed by atoms with van der Waals surface area (Å²) >= 11 is 1.80. The minimum Gasteiger partial charge on any atom is -0.462 e. The number of hydrogen-bond donors (Lipinski definition) is 1. The number of nitrogen functional groups attached to an aromatic ring is 1. The van der Waals surface area contributed by atoms with E-state index >= 15 is 0 Å². The SMILES string of the molecule is CCOC(=O)c1cc(N(C)C(C)CSC)ccc1N. The van der Waals surface area contributed by atoms with E-state index in [1.807, 2.05) is 13.1 Å². The molecule has 19 heavy (non-hydrogen) atoms. The van der Waals surface area contributed by atoms with Crippen LogP contribution in [0.25, 0.3) is 0 Å². The van der Waals surface area contributed by atoms with Crippen LogP contribution in [0.1, 0.15) is 24.2 Å². The molecule has 4 nitrogen and oxygen atoms in total. The molecule has 5 heteroatoms. The minimum absolute atomic E-state index is 0.348. The molecule has 0 bridgehead atoms. The number of benzene rings is 1. The molecule has 0 saturated heterocycles. The number of ether oxygens (including phenoxy) is 1. The second kappa shape index (κ2) is 7.28. The van der Waals surface area contributed by atoms with E-state index in [1.165, 1.54) is 0 Å². The van der Waals surface area contributed by atoms with Crippen molar-refractivity contribution >= 4 is 29.1 Å². The molecule has 0 radical (unpaired) electrons. The van der Waals surface area contributed by atoms with Crippen LogP contribution in [-0.4, -0.2) is 37.7 Å². The number of nitrogens with zero attached hydrogens (tertiary/aromatic N) is 1. The van der Waals surface area contributed by atoms with Gasteiger partial charge in [0.1, 0.15) is 0 Å². The maximum Gasteiger partial charge on any atom is 0.340 e. The number of nitrogens with two attached hydrogens (primary N) is 1. The standard InChI is InChI=1S/C14H22N2O2S/c1-5-18-14(17)12-8-11(6-7-13(12)15)16(3)10(2)9-19-4/h6-8,10H,5,9,15H2,1-4H3. The molecule has 0 heterocycles. The van der Waals surface area contributed by atoms with E-state index in [9.17, 15) is 4.79 Å². The van der Waals surface area contributed by atoms with Crippen molar-refractivity contribution < 1.29 is 9.53 Å². The first-order valence-corrected chi connectivity index (χ1v) is 7.69. The van der Waals surface area contributed by atoms with E-state index in [0.29, 0.717) is 23.9 Å². The maximum absolute atomic E-state index is 11.8. The summed E-state index contributed by atoms with van der Waals surface area (Å²) in [6.07, 6.45) is 2.08. The molecule has 0 saturated carbocycles. The number of hydrogen-bond acceptors (Lipinski definition) is 5. The van der Waals surface area contributed by atoms with Crippen molar-refractivity contribution in [3.8, 4) is 0 Å². The third kappa shape index (κ3) is 4.06. The first-order valence-electron chi connectivity index (χ1n) is 6.29. The highest BCUT2D eigenvalue weighted by Gasteiger charge is 2.15. The predicted octanol–water partition coefficient (Wildman–Crippen LogP) is 2.63. The number of rotatable bonds is 6. The van der Waals surface area contributed by atoms with Gasteiger partial charge in [-0.05, 0) is 38.3 Å². The van der Waals surface area contributed by atoms with Crippen LogP contribution in [0, 0.1) is 0 Å². The van der Waals surface area contributed by atoms with Gasteiger partial charge < -0.3 is 15.4 Å². The summed E-state index contributed by atoms with van der Waals surface area (Å²) < 4.78 is 5.01. The monoisotopic (exact) mass is 282 g/mol. The highest BCUT2D eigenvalue weighted by Crippen LogP contribution is 2.23. The second-order valence-electron chi connectivity index (χ2n) is 4.41. The molecule has 0 aromatic heterocycles. The fourth-order valence-electron chi connectivity index (χ4n) is 1.76. The van der Waals surface area contributed by atoms with Gasteiger partial charge in [0.2, 0.25) is 0 Å². The van der Waals surface area contributed by atoms with Crippen molar-refractivity contribution in [3.05, 3.63) is 23.8 Å². The van der Waals surface area contributed by atoms with Gasteiger partial charge in [-0.15, -0.1) is 0 Å². The van der Waals surface area contributed by atoms with Gasteiger partial charge >= 0.3 is 5.97 Å². The van der Waals surface area contributed by atoms with Crippen LogP contribution in [0.15, 0.2) is 18.2 Å². The van der Waals surface area contributed by atoms with Crippen molar-refractivity contribution in [3.63, 3.8) is 0 Å². The number of carbonyl (C=O) groups excluding carboxylic acids is 1. The number of carbonyl (C=O) groups is 1. The molecule has 1 unspecified atom stereocenters. The van der Waals surface area contributed by atoms with E-state index in [2.05, 4.69) is 18.1 Å². The smallest absolute Gasteiger partial charge is 0.340 e. The normalized spacial score (nSPS) is 12.0. The summed E-state index contributed by atoms with van der Waals surface area (Å²) in [5.74, 6) is 0.656. The minimum atomic E-state index is -0.368. The van der Waals surface area contributed by atoms with Gasteiger partial charge in [0.15, 0.2) is 0 Å². The molecule has 1 aromatic carbocycles. The fraction of sp³-hybridized carbons (Fsp3) is 0.500. The Balaban J connectivity index is 2.98. The number of thioether (sulfide) groups is 1. The van der Waals surface area contributed by atoms with E-state index in [1.54, 1.807) is 30.8 Å². The van der Waals surface area contributed by atoms with Crippen LogP contribution >= 0.6 is 11.8 Å². The summed E-state index contributed by atoms with van der Waals surface area (Å²) in [4.78, 5) is 13.9. The largest absolute Gasteiger partial charge is 0.462 e. The van der Waals surface area contributed by atoms with Crippen molar-refractivity contribution in [1.82, 2.24) is 0 Å². The maximum atomic E-state index is 11.8. The van der Waals surface area contributed by atoms with E-state index in [0.717, 1.165) is 11.4 Å². The lowest BCUT2D eigenvalue weighted by atomic mass is 10.1. The Hall–Kier alpha value is -1.36. The van der Waals surface area contributed by atoms with Crippen molar-refractivity contribution in [2.24, 2.45) is 0 Å². The van der Waals surface area contributed by atoms with Crippen LogP contribution in [-0.2, 0) is 4.74 Å². The van der Waals surface area contributed by atoms with Crippen LogP contribution in [0.3, 0.4) is 0 Å². The second-order valence-corrected chi connectivity index (χ2v) is 5.32. The molecule has 0 amide bonds. The quantitative estimate of drug-likeness (QED) is 0.642. The summed E-state index contributed by atoms with van der Waals surface area (Å²) in [5, 5.41) is 0. The molecule has 0 aliphatic carbocycles. The van der Waals surface area contributed by atoms with Crippen molar-refractivity contribution in [1.29, 1.82) is 0 Å². The molecule has 1 aromatic rings. The predicted molar refractivity (Wildman–Crippen MR) is 83.1 cm³/mol. The van der Waals surface area contributed by atoms with Gasteiger partial charge in [-0.3, -0.25) is 0 Å². The Morgan fingerprint density at radius 1 is 1.53 bits per heavy atom. The molecular formula is C14H22N2O2S. The van der Waals surface area contributed by atoms with E-state index in [4.69, 9.17) is 10.5 Å². The molecule has 0 fully saturated rings.